The van der Waals surface area contributed by atoms with Crippen LogP contribution in [0, 0.1) is 0 Å². The number of sulfonamides is 1. The Bertz CT molecular complexity index is 759. The molecule has 1 saturated heterocycles. The van der Waals surface area contributed by atoms with Crippen molar-refractivity contribution in [3.8, 4) is 0 Å². The second-order valence-electron chi connectivity index (χ2n) is 5.52. The normalized spacial score (nSPS) is 15.6. The minimum Gasteiger partial charge on any atom is -0.452 e. The van der Waals surface area contributed by atoms with E-state index in [1.807, 2.05) is 0 Å². The molecule has 10 heteroatoms. The number of morpholine rings is 1. The zero-order valence-corrected chi connectivity index (χ0v) is 15.5. The smallest absolute Gasteiger partial charge is 0.340 e. The molecule has 1 aromatic rings. The lowest BCUT2D eigenvalue weighted by molar-refractivity contribution is -0.131. The fourth-order valence-electron chi connectivity index (χ4n) is 2.09. The maximum Gasteiger partial charge on any atom is 0.340 e. The third-order valence-electron chi connectivity index (χ3n) is 3.59. The van der Waals surface area contributed by atoms with Gasteiger partial charge in [-0.2, -0.15) is 4.31 Å². The zero-order valence-electron chi connectivity index (χ0n) is 13.9. The molecule has 1 heterocycles. The molecule has 1 aromatic carbocycles. The van der Waals surface area contributed by atoms with Gasteiger partial charge in [-0.25, -0.2) is 13.2 Å². The average Bonchev–Trinajstić information content (AvgIpc) is 2.60. The molecule has 1 amide bonds. The predicted octanol–water partition coefficient (Wildman–Crippen LogP) is 0.606. The molecule has 0 unspecified atom stereocenters. The third kappa shape index (κ3) is 4.69. The van der Waals surface area contributed by atoms with Gasteiger partial charge in [0.05, 0.1) is 28.7 Å². The Morgan fingerprint density at radius 3 is 2.52 bits per heavy atom. The van der Waals surface area contributed by atoms with Crippen molar-refractivity contribution in [1.82, 2.24) is 9.21 Å². The van der Waals surface area contributed by atoms with Gasteiger partial charge in [0.1, 0.15) is 0 Å². The van der Waals surface area contributed by atoms with Crippen molar-refractivity contribution in [2.45, 2.75) is 4.90 Å². The Balaban J connectivity index is 2.22. The summed E-state index contributed by atoms with van der Waals surface area (Å²) in [6.45, 7) is 0.648. The minimum absolute atomic E-state index is 0.0447. The Morgan fingerprint density at radius 1 is 1.28 bits per heavy atom. The van der Waals surface area contributed by atoms with E-state index in [1.54, 1.807) is 0 Å². The van der Waals surface area contributed by atoms with Crippen LogP contribution in [0.2, 0.25) is 5.02 Å². The molecule has 25 heavy (non-hydrogen) atoms. The van der Waals surface area contributed by atoms with Crippen molar-refractivity contribution in [2.75, 3.05) is 47.0 Å². The summed E-state index contributed by atoms with van der Waals surface area (Å²) in [5, 5.41) is 0.0447. The van der Waals surface area contributed by atoms with E-state index >= 15 is 0 Å². The lowest BCUT2D eigenvalue weighted by atomic mass is 10.2. The van der Waals surface area contributed by atoms with E-state index in [4.69, 9.17) is 21.1 Å². The van der Waals surface area contributed by atoms with Gasteiger partial charge >= 0.3 is 5.97 Å². The number of amides is 1. The summed E-state index contributed by atoms with van der Waals surface area (Å²) < 4.78 is 36.6. The van der Waals surface area contributed by atoms with Gasteiger partial charge < -0.3 is 14.4 Å². The molecule has 0 bridgehead atoms. The predicted molar refractivity (Wildman–Crippen MR) is 90.0 cm³/mol. The van der Waals surface area contributed by atoms with Crippen LogP contribution in [0.1, 0.15) is 10.4 Å². The molecule has 1 aliphatic heterocycles. The van der Waals surface area contributed by atoms with Gasteiger partial charge in [0, 0.05) is 27.2 Å². The molecule has 0 aliphatic carbocycles. The molecule has 0 saturated carbocycles. The number of nitrogens with zero attached hydrogens (tertiary/aromatic N) is 2. The number of carbonyl (C=O) groups excluding carboxylic acids is 2. The summed E-state index contributed by atoms with van der Waals surface area (Å²) in [6, 6.07) is 3.81. The SMILES string of the molecule is CN(C)C(=O)COC(=O)c1cc(S(=O)(=O)N2CCOCC2)ccc1Cl. The van der Waals surface area contributed by atoms with Crippen LogP contribution in [0.25, 0.3) is 0 Å². The third-order valence-corrected chi connectivity index (χ3v) is 5.82. The van der Waals surface area contributed by atoms with Gasteiger partial charge in [-0.1, -0.05) is 11.6 Å². The van der Waals surface area contributed by atoms with Gasteiger partial charge in [0.25, 0.3) is 5.91 Å². The Morgan fingerprint density at radius 2 is 1.92 bits per heavy atom. The summed E-state index contributed by atoms with van der Waals surface area (Å²) in [5.74, 6) is -1.26. The van der Waals surface area contributed by atoms with Crippen molar-refractivity contribution in [3.05, 3.63) is 28.8 Å². The van der Waals surface area contributed by atoms with Crippen LogP contribution in [0.5, 0.6) is 0 Å². The summed E-state index contributed by atoms with van der Waals surface area (Å²) in [7, 11) is -0.715. The lowest BCUT2D eigenvalue weighted by Gasteiger charge is -2.26. The van der Waals surface area contributed by atoms with Gasteiger partial charge in [0.2, 0.25) is 10.0 Å². The summed E-state index contributed by atoms with van der Waals surface area (Å²) in [6.07, 6.45) is 0. The van der Waals surface area contributed by atoms with E-state index in [0.29, 0.717) is 13.2 Å². The molecule has 2 rings (SSSR count). The van der Waals surface area contributed by atoms with Crippen molar-refractivity contribution in [3.63, 3.8) is 0 Å². The van der Waals surface area contributed by atoms with Crippen LogP contribution in [-0.2, 0) is 24.3 Å². The number of likely N-dealkylation sites (N-methyl/N-ethyl adjacent to an activating group) is 1. The monoisotopic (exact) mass is 390 g/mol. The first kappa shape index (κ1) is 19.6. The maximum atomic E-state index is 12.6. The van der Waals surface area contributed by atoms with E-state index in [0.717, 1.165) is 6.07 Å². The molecule has 0 spiro atoms. The van der Waals surface area contributed by atoms with Crippen molar-refractivity contribution in [1.29, 1.82) is 0 Å². The minimum atomic E-state index is -3.77. The van der Waals surface area contributed by atoms with Crippen LogP contribution >= 0.6 is 11.6 Å². The Hall–Kier alpha value is -1.68. The first-order valence-electron chi connectivity index (χ1n) is 7.48. The van der Waals surface area contributed by atoms with Crippen molar-refractivity contribution in [2.24, 2.45) is 0 Å². The molecular formula is C15H19ClN2O6S. The number of esters is 1. The Kier molecular flexibility index (Phi) is 6.39. The topological polar surface area (TPSA) is 93.2 Å². The zero-order chi connectivity index (χ0) is 18.6. The number of carbonyl (C=O) groups is 2. The van der Waals surface area contributed by atoms with Crippen molar-refractivity contribution >= 4 is 33.5 Å². The molecule has 0 atom stereocenters. The van der Waals surface area contributed by atoms with E-state index in [9.17, 15) is 18.0 Å². The van der Waals surface area contributed by atoms with Gasteiger partial charge in [0.15, 0.2) is 6.61 Å². The van der Waals surface area contributed by atoms with Crippen molar-refractivity contribution < 1.29 is 27.5 Å². The molecule has 1 aliphatic rings. The summed E-state index contributed by atoms with van der Waals surface area (Å²) in [5.41, 5.74) is -0.109. The highest BCUT2D eigenvalue weighted by Gasteiger charge is 2.28. The van der Waals surface area contributed by atoms with Crippen LogP contribution in [0.4, 0.5) is 0 Å². The fourth-order valence-corrected chi connectivity index (χ4v) is 3.72. The highest BCUT2D eigenvalue weighted by Crippen LogP contribution is 2.24. The summed E-state index contributed by atoms with van der Waals surface area (Å²) in [4.78, 5) is 24.8. The van der Waals surface area contributed by atoms with Crippen LogP contribution in [0.15, 0.2) is 23.1 Å². The largest absolute Gasteiger partial charge is 0.452 e. The molecule has 138 valence electrons. The molecule has 0 aromatic heterocycles. The van der Waals surface area contributed by atoms with Crippen LogP contribution < -0.4 is 0 Å². The molecule has 0 radical (unpaired) electrons. The van der Waals surface area contributed by atoms with Crippen LogP contribution in [-0.4, -0.2) is 76.5 Å². The second kappa shape index (κ2) is 8.13. The summed E-state index contributed by atoms with van der Waals surface area (Å²) >= 11 is 5.98. The second-order valence-corrected chi connectivity index (χ2v) is 7.87. The Labute approximate surface area is 151 Å². The van der Waals surface area contributed by atoms with Gasteiger partial charge in [-0.05, 0) is 18.2 Å². The van der Waals surface area contributed by atoms with Crippen LogP contribution in [0.3, 0.4) is 0 Å². The van der Waals surface area contributed by atoms with E-state index in [-0.39, 0.29) is 28.6 Å². The number of hydrogen-bond acceptors (Lipinski definition) is 6. The number of ether oxygens (including phenoxy) is 2. The first-order chi connectivity index (χ1) is 11.7. The fraction of sp³-hybridized carbons (Fsp3) is 0.467. The highest BCUT2D eigenvalue weighted by molar-refractivity contribution is 7.89. The van der Waals surface area contributed by atoms with Gasteiger partial charge in [-0.15, -0.1) is 0 Å². The molecular weight excluding hydrogens is 372 g/mol. The molecule has 0 N–H and O–H groups in total. The lowest BCUT2D eigenvalue weighted by Crippen LogP contribution is -2.40. The average molecular weight is 391 g/mol. The van der Waals surface area contributed by atoms with Gasteiger partial charge in [-0.3, -0.25) is 4.79 Å². The first-order valence-corrected chi connectivity index (χ1v) is 9.30. The number of hydrogen-bond donors (Lipinski definition) is 0. The number of rotatable bonds is 5. The van der Waals surface area contributed by atoms with E-state index < -0.39 is 28.5 Å². The maximum absolute atomic E-state index is 12.6. The molecule has 8 nitrogen and oxygen atoms in total. The molecule has 1 fully saturated rings. The number of halogens is 1. The standard InChI is InChI=1S/C15H19ClN2O6S/c1-17(2)14(19)10-24-15(20)12-9-11(3-4-13(12)16)25(21,22)18-5-7-23-8-6-18/h3-4,9H,5-8,10H2,1-2H3. The number of benzene rings is 1. The highest BCUT2D eigenvalue weighted by atomic mass is 35.5. The van der Waals surface area contributed by atoms with E-state index in [1.165, 1.54) is 35.4 Å². The van der Waals surface area contributed by atoms with E-state index in [2.05, 4.69) is 0 Å². The quantitative estimate of drug-likeness (QED) is 0.684.